The summed E-state index contributed by atoms with van der Waals surface area (Å²) in [5.74, 6) is 0. The van der Waals surface area contributed by atoms with Crippen molar-refractivity contribution in [2.45, 2.75) is 72.9 Å². The average molecular weight is 433 g/mol. The van der Waals surface area contributed by atoms with Gasteiger partial charge in [0.2, 0.25) is 0 Å². The fourth-order valence-electron chi connectivity index (χ4n) is 5.21. The van der Waals surface area contributed by atoms with Gasteiger partial charge in [0.25, 0.3) is 0 Å². The first-order valence-electron chi connectivity index (χ1n) is 11.5. The van der Waals surface area contributed by atoms with E-state index in [1.165, 1.54) is 44.5 Å². The van der Waals surface area contributed by atoms with E-state index in [-0.39, 0.29) is 5.66 Å². The van der Waals surface area contributed by atoms with Gasteiger partial charge in [0.1, 0.15) is 7.80 Å². The Morgan fingerprint density at radius 2 is 1.23 bits per heavy atom. The van der Waals surface area contributed by atoms with E-state index in [0.717, 1.165) is 31.0 Å². The topological polar surface area (TPSA) is 17.1 Å². The van der Waals surface area contributed by atoms with E-state index in [4.69, 9.17) is 0 Å². The number of rotatable bonds is 8. The molecule has 164 valence electrons. The predicted octanol–water partition coefficient (Wildman–Crippen LogP) is 7.88. The number of hydrogen-bond donors (Lipinski definition) is 0. The summed E-state index contributed by atoms with van der Waals surface area (Å²) in [5, 5.41) is 1.00. The molecule has 0 spiro atoms. The predicted molar refractivity (Wildman–Crippen MR) is 137 cm³/mol. The van der Waals surface area contributed by atoms with Crippen molar-refractivity contribution >= 4 is 13.1 Å². The van der Waals surface area contributed by atoms with Crippen molar-refractivity contribution in [2.24, 2.45) is 0 Å². The van der Waals surface area contributed by atoms with Crippen molar-refractivity contribution in [3.8, 4) is 0 Å². The van der Waals surface area contributed by atoms with Gasteiger partial charge in [-0.25, -0.2) is 0 Å². The van der Waals surface area contributed by atoms with Crippen molar-refractivity contribution in [2.75, 3.05) is 0 Å². The molecule has 0 N–H and O–H groups in total. The SMILES string of the molecule is Cc1cc(C)c(CCCCC(c2c(C)cc(C)cc2C)[PH](=O)c2ccccc2)c(C)c1. The monoisotopic (exact) mass is 432 g/mol. The maximum Gasteiger partial charge on any atom is 0.111 e. The minimum Gasteiger partial charge on any atom is -0.321 e. The van der Waals surface area contributed by atoms with Crippen molar-refractivity contribution in [1.29, 1.82) is 0 Å². The molecule has 2 atom stereocenters. The van der Waals surface area contributed by atoms with E-state index >= 15 is 0 Å². The van der Waals surface area contributed by atoms with Crippen molar-refractivity contribution in [1.82, 2.24) is 0 Å². The molecule has 2 unspecified atom stereocenters. The first-order chi connectivity index (χ1) is 14.8. The third-order valence-corrected chi connectivity index (χ3v) is 8.58. The van der Waals surface area contributed by atoms with Crippen LogP contribution in [0.3, 0.4) is 0 Å². The Balaban J connectivity index is 1.81. The molecule has 0 heterocycles. The second-order valence-corrected chi connectivity index (χ2v) is 11.2. The van der Waals surface area contributed by atoms with Gasteiger partial charge in [-0.2, -0.15) is 0 Å². The molecule has 0 saturated carbocycles. The van der Waals surface area contributed by atoms with Gasteiger partial charge < -0.3 is 4.57 Å². The Bertz CT molecular complexity index is 1020. The normalized spacial score (nSPS) is 13.2. The zero-order valence-electron chi connectivity index (χ0n) is 20.0. The molecule has 0 saturated heterocycles. The van der Waals surface area contributed by atoms with Gasteiger partial charge in [0.05, 0.1) is 0 Å². The van der Waals surface area contributed by atoms with Crippen molar-refractivity contribution < 1.29 is 4.57 Å². The number of benzene rings is 3. The van der Waals surface area contributed by atoms with Gasteiger partial charge in [-0.1, -0.05) is 72.1 Å². The molecule has 0 aliphatic heterocycles. The van der Waals surface area contributed by atoms with Crippen molar-refractivity contribution in [3.63, 3.8) is 0 Å². The van der Waals surface area contributed by atoms with Crippen LogP contribution >= 0.6 is 7.80 Å². The standard InChI is InChI=1S/C29H37OP/c1-20-16-22(3)27(23(4)17-20)14-10-11-15-28(31(30)26-12-8-7-9-13-26)29-24(5)18-21(2)19-25(29)6/h7-9,12-13,16-19,28,31H,10-11,14-15H2,1-6H3. The third-order valence-electron chi connectivity index (χ3n) is 6.47. The van der Waals surface area contributed by atoms with Crippen molar-refractivity contribution in [3.05, 3.63) is 99.1 Å². The molecule has 1 nitrogen and oxygen atoms in total. The lowest BCUT2D eigenvalue weighted by molar-refractivity contribution is 0.573. The lowest BCUT2D eigenvalue weighted by Crippen LogP contribution is -2.07. The Morgan fingerprint density at radius 1 is 0.710 bits per heavy atom. The summed E-state index contributed by atoms with van der Waals surface area (Å²) in [5.41, 5.74) is 10.9. The molecule has 0 aliphatic carbocycles. The Labute approximate surface area is 189 Å². The van der Waals surface area contributed by atoms with Crippen LogP contribution in [0.4, 0.5) is 0 Å². The summed E-state index contributed by atoms with van der Waals surface area (Å²) < 4.78 is 13.7. The van der Waals surface area contributed by atoms with Crippen LogP contribution in [0.5, 0.6) is 0 Å². The zero-order chi connectivity index (χ0) is 22.5. The lowest BCUT2D eigenvalue weighted by atomic mass is 9.93. The molecule has 3 aromatic carbocycles. The quantitative estimate of drug-likeness (QED) is 0.261. The molecule has 31 heavy (non-hydrogen) atoms. The minimum atomic E-state index is -1.93. The smallest absolute Gasteiger partial charge is 0.111 e. The van der Waals surface area contributed by atoms with Crippen LogP contribution < -0.4 is 5.30 Å². The van der Waals surface area contributed by atoms with E-state index < -0.39 is 7.80 Å². The van der Waals surface area contributed by atoms with Gasteiger partial charge in [0.15, 0.2) is 0 Å². The Kier molecular flexibility index (Phi) is 7.95. The van der Waals surface area contributed by atoms with E-state index in [2.05, 4.69) is 65.8 Å². The minimum absolute atomic E-state index is 0.105. The highest BCUT2D eigenvalue weighted by atomic mass is 31.1. The summed E-state index contributed by atoms with van der Waals surface area (Å²) in [7, 11) is -1.93. The van der Waals surface area contributed by atoms with E-state index in [1.54, 1.807) is 0 Å². The molecule has 0 amide bonds. The lowest BCUT2D eigenvalue weighted by Gasteiger charge is -2.23. The van der Waals surface area contributed by atoms with Crippen LogP contribution in [0.1, 0.15) is 69.4 Å². The summed E-state index contributed by atoms with van der Waals surface area (Å²) >= 11 is 0. The molecule has 0 fully saturated rings. The van der Waals surface area contributed by atoms with Gasteiger partial charge >= 0.3 is 0 Å². The number of unbranched alkanes of at least 4 members (excludes halogenated alkanes) is 1. The average Bonchev–Trinajstić information content (AvgIpc) is 2.70. The van der Waals surface area contributed by atoms with Crippen LogP contribution in [-0.4, -0.2) is 0 Å². The highest BCUT2D eigenvalue weighted by Gasteiger charge is 2.23. The number of hydrogen-bond acceptors (Lipinski definition) is 1. The maximum atomic E-state index is 13.7. The summed E-state index contributed by atoms with van der Waals surface area (Å²) in [6.07, 6.45) is 4.30. The van der Waals surface area contributed by atoms with Crippen LogP contribution in [0.15, 0.2) is 54.6 Å². The number of aryl methyl sites for hydroxylation is 6. The van der Waals surface area contributed by atoms with Gasteiger partial charge in [-0.15, -0.1) is 0 Å². The maximum absolute atomic E-state index is 13.7. The molecular formula is C29H37OP. The second kappa shape index (κ2) is 10.5. The molecule has 0 bridgehead atoms. The highest BCUT2D eigenvalue weighted by molar-refractivity contribution is 7.53. The first-order valence-corrected chi connectivity index (χ1v) is 13.0. The van der Waals surface area contributed by atoms with E-state index in [9.17, 15) is 4.57 Å². The molecule has 3 rings (SSSR count). The molecule has 0 radical (unpaired) electrons. The highest BCUT2D eigenvalue weighted by Crippen LogP contribution is 2.46. The van der Waals surface area contributed by atoms with Crippen LogP contribution in [0, 0.1) is 41.5 Å². The van der Waals surface area contributed by atoms with Gasteiger partial charge in [-0.05, 0) is 94.2 Å². The van der Waals surface area contributed by atoms with Gasteiger partial charge in [-0.3, -0.25) is 0 Å². The molecular weight excluding hydrogens is 395 g/mol. The second-order valence-electron chi connectivity index (χ2n) is 9.22. The van der Waals surface area contributed by atoms with Crippen LogP contribution in [-0.2, 0) is 11.0 Å². The molecule has 0 aromatic heterocycles. The molecule has 2 heteroatoms. The third kappa shape index (κ3) is 5.78. The van der Waals surface area contributed by atoms with Gasteiger partial charge in [0, 0.05) is 11.0 Å². The Morgan fingerprint density at radius 3 is 1.77 bits per heavy atom. The van der Waals surface area contributed by atoms with E-state index in [1.807, 2.05) is 30.3 Å². The largest absolute Gasteiger partial charge is 0.321 e. The Hall–Kier alpha value is -2.11. The van der Waals surface area contributed by atoms with E-state index in [0.29, 0.717) is 0 Å². The summed E-state index contributed by atoms with van der Waals surface area (Å²) in [4.78, 5) is 0. The fourth-order valence-corrected chi connectivity index (χ4v) is 7.31. The fraction of sp³-hybridized carbons (Fsp3) is 0.379. The molecule has 3 aromatic rings. The summed E-state index contributed by atoms with van der Waals surface area (Å²) in [6.45, 7) is 13.1. The first kappa shape index (κ1) is 23.6. The summed E-state index contributed by atoms with van der Waals surface area (Å²) in [6, 6.07) is 19.2. The van der Waals surface area contributed by atoms with Crippen LogP contribution in [0.25, 0.3) is 0 Å². The zero-order valence-corrected chi connectivity index (χ0v) is 21.0. The van der Waals surface area contributed by atoms with Crippen LogP contribution in [0.2, 0.25) is 0 Å². The molecule has 0 aliphatic rings.